The summed E-state index contributed by atoms with van der Waals surface area (Å²) in [5.41, 5.74) is 0.948. The molecule has 0 saturated carbocycles. The van der Waals surface area contributed by atoms with Gasteiger partial charge in [-0.1, -0.05) is 17.7 Å². The molecule has 0 heterocycles. The Balaban J connectivity index is 2.82. The van der Waals surface area contributed by atoms with Crippen LogP contribution in [0.1, 0.15) is 11.1 Å². The molecule has 0 aliphatic heterocycles. The molecule has 0 radical (unpaired) electrons. The van der Waals surface area contributed by atoms with Gasteiger partial charge in [0.05, 0.1) is 23.4 Å². The Morgan fingerprint density at radius 2 is 2.20 bits per heavy atom. The molecule has 0 bridgehead atoms. The van der Waals surface area contributed by atoms with E-state index in [4.69, 9.17) is 16.9 Å². The van der Waals surface area contributed by atoms with E-state index in [0.717, 1.165) is 6.26 Å². The Bertz CT molecular complexity index is 505. The zero-order valence-electron chi connectivity index (χ0n) is 7.90. The first-order valence-electron chi connectivity index (χ1n) is 3.95. The maximum Gasteiger partial charge on any atom is 0.264 e. The minimum absolute atomic E-state index is 0.0791. The van der Waals surface area contributed by atoms with Crippen LogP contribution in [0.25, 0.3) is 0 Å². The van der Waals surface area contributed by atoms with E-state index in [1.807, 2.05) is 6.07 Å². The lowest BCUT2D eigenvalue weighted by molar-refractivity contribution is 0.311. The van der Waals surface area contributed by atoms with Gasteiger partial charge in [-0.25, -0.2) is 0 Å². The van der Waals surface area contributed by atoms with Crippen LogP contribution in [0.4, 0.5) is 0 Å². The van der Waals surface area contributed by atoms with Crippen molar-refractivity contribution in [2.75, 3.05) is 6.26 Å². The van der Waals surface area contributed by atoms with Gasteiger partial charge in [-0.3, -0.25) is 4.18 Å². The Labute approximate surface area is 93.2 Å². The monoisotopic (exact) mass is 245 g/mol. The number of nitriles is 1. The fourth-order valence-corrected chi connectivity index (χ4v) is 1.51. The lowest BCUT2D eigenvalue weighted by Gasteiger charge is -2.02. The van der Waals surface area contributed by atoms with Crippen LogP contribution in [-0.4, -0.2) is 14.7 Å². The van der Waals surface area contributed by atoms with Crippen molar-refractivity contribution in [2.45, 2.75) is 6.61 Å². The van der Waals surface area contributed by atoms with Crippen LogP contribution in [0.5, 0.6) is 0 Å². The van der Waals surface area contributed by atoms with Gasteiger partial charge in [0.1, 0.15) is 6.07 Å². The summed E-state index contributed by atoms with van der Waals surface area (Å²) in [6.45, 7) is -0.0791. The summed E-state index contributed by atoms with van der Waals surface area (Å²) >= 11 is 5.75. The number of nitrogens with zero attached hydrogens (tertiary/aromatic N) is 1. The van der Waals surface area contributed by atoms with Gasteiger partial charge in [0.25, 0.3) is 10.1 Å². The van der Waals surface area contributed by atoms with E-state index < -0.39 is 10.1 Å². The second-order valence-electron chi connectivity index (χ2n) is 2.89. The molecule has 0 unspecified atom stereocenters. The molecule has 0 fully saturated rings. The first kappa shape index (κ1) is 12.0. The summed E-state index contributed by atoms with van der Waals surface area (Å²) in [7, 11) is -3.46. The van der Waals surface area contributed by atoms with Gasteiger partial charge in [0, 0.05) is 0 Å². The molecule has 15 heavy (non-hydrogen) atoms. The van der Waals surface area contributed by atoms with E-state index in [1.165, 1.54) is 12.1 Å². The summed E-state index contributed by atoms with van der Waals surface area (Å²) in [6, 6.07) is 6.52. The summed E-state index contributed by atoms with van der Waals surface area (Å²) in [4.78, 5) is 0. The number of hydrogen-bond donors (Lipinski definition) is 0. The van der Waals surface area contributed by atoms with Crippen LogP contribution in [0.2, 0.25) is 5.02 Å². The highest BCUT2D eigenvalue weighted by Gasteiger charge is 2.05. The molecule has 4 nitrogen and oxygen atoms in total. The first-order chi connectivity index (χ1) is 6.92. The third-order valence-electron chi connectivity index (χ3n) is 1.59. The van der Waals surface area contributed by atoms with E-state index in [2.05, 4.69) is 4.18 Å². The van der Waals surface area contributed by atoms with Crippen molar-refractivity contribution < 1.29 is 12.6 Å². The van der Waals surface area contributed by atoms with Crippen LogP contribution in [0.3, 0.4) is 0 Å². The molecule has 0 spiro atoms. The van der Waals surface area contributed by atoms with Crippen molar-refractivity contribution in [3.05, 3.63) is 34.3 Å². The second-order valence-corrected chi connectivity index (χ2v) is 4.94. The first-order valence-corrected chi connectivity index (χ1v) is 6.15. The molecular weight excluding hydrogens is 238 g/mol. The van der Waals surface area contributed by atoms with E-state index in [9.17, 15) is 8.42 Å². The summed E-state index contributed by atoms with van der Waals surface area (Å²) in [5.74, 6) is 0. The fraction of sp³-hybridized carbons (Fsp3) is 0.222. The van der Waals surface area contributed by atoms with Gasteiger partial charge >= 0.3 is 0 Å². The normalized spacial score (nSPS) is 11.0. The van der Waals surface area contributed by atoms with Crippen molar-refractivity contribution >= 4 is 21.7 Å². The molecule has 1 rings (SSSR count). The zero-order valence-corrected chi connectivity index (χ0v) is 9.47. The smallest absolute Gasteiger partial charge is 0.264 e. The SMILES string of the molecule is CS(=O)(=O)OCc1ccc(C#N)c(Cl)c1. The molecular formula is C9H8ClNO3S. The van der Waals surface area contributed by atoms with Gasteiger partial charge in [0.2, 0.25) is 0 Å². The number of benzene rings is 1. The van der Waals surface area contributed by atoms with Gasteiger partial charge in [0.15, 0.2) is 0 Å². The standard InChI is InChI=1S/C9H8ClNO3S/c1-15(12,13)14-6-7-2-3-8(5-11)9(10)4-7/h2-4H,6H2,1H3. The van der Waals surface area contributed by atoms with Crippen molar-refractivity contribution in [3.8, 4) is 6.07 Å². The topological polar surface area (TPSA) is 67.2 Å². The fourth-order valence-electron chi connectivity index (χ4n) is 0.914. The lowest BCUT2D eigenvalue weighted by atomic mass is 10.1. The Morgan fingerprint density at radius 3 is 2.67 bits per heavy atom. The van der Waals surface area contributed by atoms with Crippen molar-refractivity contribution in [1.82, 2.24) is 0 Å². The molecule has 0 amide bonds. The number of hydrogen-bond acceptors (Lipinski definition) is 4. The summed E-state index contributed by atoms with van der Waals surface area (Å²) in [5, 5.41) is 8.89. The third kappa shape index (κ3) is 3.88. The molecule has 0 saturated heterocycles. The number of halogens is 1. The Morgan fingerprint density at radius 1 is 1.53 bits per heavy atom. The second kappa shape index (κ2) is 4.62. The molecule has 0 N–H and O–H groups in total. The van der Waals surface area contributed by atoms with Gasteiger partial charge < -0.3 is 0 Å². The maximum atomic E-state index is 10.7. The van der Waals surface area contributed by atoms with E-state index in [1.54, 1.807) is 6.07 Å². The van der Waals surface area contributed by atoms with Crippen LogP contribution < -0.4 is 0 Å². The van der Waals surface area contributed by atoms with Gasteiger partial charge in [-0.2, -0.15) is 13.7 Å². The minimum atomic E-state index is -3.46. The highest BCUT2D eigenvalue weighted by Crippen LogP contribution is 2.17. The van der Waals surface area contributed by atoms with E-state index in [-0.39, 0.29) is 11.6 Å². The summed E-state index contributed by atoms with van der Waals surface area (Å²) in [6.07, 6.45) is 0.970. The molecule has 0 atom stereocenters. The van der Waals surface area contributed by atoms with Gasteiger partial charge in [-0.15, -0.1) is 0 Å². The van der Waals surface area contributed by atoms with Crippen LogP contribution in [0, 0.1) is 11.3 Å². The minimum Gasteiger partial charge on any atom is -0.265 e. The predicted molar refractivity (Wildman–Crippen MR) is 55.8 cm³/mol. The van der Waals surface area contributed by atoms with Crippen LogP contribution >= 0.6 is 11.6 Å². The average Bonchev–Trinajstić information content (AvgIpc) is 2.14. The quantitative estimate of drug-likeness (QED) is 0.760. The lowest BCUT2D eigenvalue weighted by Crippen LogP contribution is -2.02. The predicted octanol–water partition coefficient (Wildman–Crippen LogP) is 1.69. The Hall–Kier alpha value is -1.09. The zero-order chi connectivity index (χ0) is 11.5. The third-order valence-corrected chi connectivity index (χ3v) is 2.45. The number of rotatable bonds is 3. The van der Waals surface area contributed by atoms with Crippen molar-refractivity contribution in [1.29, 1.82) is 5.26 Å². The van der Waals surface area contributed by atoms with E-state index >= 15 is 0 Å². The Kier molecular flexibility index (Phi) is 3.69. The van der Waals surface area contributed by atoms with Crippen molar-refractivity contribution in [2.24, 2.45) is 0 Å². The summed E-state index contributed by atoms with van der Waals surface area (Å²) < 4.78 is 26.0. The van der Waals surface area contributed by atoms with Crippen molar-refractivity contribution in [3.63, 3.8) is 0 Å². The molecule has 80 valence electrons. The molecule has 0 aliphatic carbocycles. The van der Waals surface area contributed by atoms with Crippen LogP contribution in [0.15, 0.2) is 18.2 Å². The average molecular weight is 246 g/mol. The molecule has 1 aromatic carbocycles. The molecule has 0 aromatic heterocycles. The largest absolute Gasteiger partial charge is 0.265 e. The van der Waals surface area contributed by atoms with E-state index in [0.29, 0.717) is 11.1 Å². The molecule has 0 aliphatic rings. The van der Waals surface area contributed by atoms with Crippen LogP contribution in [-0.2, 0) is 20.9 Å². The maximum absolute atomic E-state index is 10.7. The van der Waals surface area contributed by atoms with Gasteiger partial charge in [-0.05, 0) is 17.7 Å². The highest BCUT2D eigenvalue weighted by atomic mass is 35.5. The molecule has 6 heteroatoms. The highest BCUT2D eigenvalue weighted by molar-refractivity contribution is 7.85. The molecule has 1 aromatic rings.